The van der Waals surface area contributed by atoms with Crippen LogP contribution in [0.25, 0.3) is 0 Å². The van der Waals surface area contributed by atoms with E-state index in [4.69, 9.17) is 32.7 Å². The summed E-state index contributed by atoms with van der Waals surface area (Å²) in [6.45, 7) is 0.380. The van der Waals surface area contributed by atoms with E-state index in [1.165, 1.54) is 4.90 Å². The van der Waals surface area contributed by atoms with Crippen LogP contribution in [0.15, 0.2) is 72.8 Å². The molecule has 2 amide bonds. The van der Waals surface area contributed by atoms with Gasteiger partial charge >= 0.3 is 0 Å². The number of halogens is 2. The number of para-hydroxylation sites is 1. The van der Waals surface area contributed by atoms with Gasteiger partial charge < -0.3 is 19.7 Å². The highest BCUT2D eigenvalue weighted by molar-refractivity contribution is 6.42. The average Bonchev–Trinajstić information content (AvgIpc) is 3.49. The van der Waals surface area contributed by atoms with E-state index in [2.05, 4.69) is 5.32 Å². The van der Waals surface area contributed by atoms with Crippen molar-refractivity contribution >= 4 is 40.8 Å². The normalized spacial score (nSPS) is 19.4. The molecule has 7 nitrogen and oxygen atoms in total. The molecule has 2 saturated heterocycles. The van der Waals surface area contributed by atoms with Gasteiger partial charge in [0.1, 0.15) is 30.2 Å². The Balaban J connectivity index is 1.38. The molecule has 9 heteroatoms. The molecule has 2 aliphatic rings. The SMILES string of the molecule is O=C(NC(Cc1ccc(Cl)c(Cl)c1)C(=O)N1CCC2OCC(=O)C21)c1cccc(Oc2ccccc2)c1. The molecule has 2 heterocycles. The summed E-state index contributed by atoms with van der Waals surface area (Å²) in [6, 6.07) is 19.5. The van der Waals surface area contributed by atoms with Crippen LogP contribution in [0.4, 0.5) is 0 Å². The number of hydrogen-bond donors (Lipinski definition) is 1. The minimum Gasteiger partial charge on any atom is -0.457 e. The minimum atomic E-state index is -0.935. The number of nitrogens with zero attached hydrogens (tertiary/aromatic N) is 1. The first kappa shape index (κ1) is 25.3. The number of rotatable bonds is 7. The third-order valence-electron chi connectivity index (χ3n) is 6.50. The van der Waals surface area contributed by atoms with Crippen LogP contribution in [-0.2, 0) is 20.7 Å². The zero-order valence-corrected chi connectivity index (χ0v) is 21.2. The van der Waals surface area contributed by atoms with Gasteiger partial charge in [-0.1, -0.05) is 53.5 Å². The second-order valence-electron chi connectivity index (χ2n) is 9.00. The standard InChI is InChI=1S/C28H24Cl2N2O5/c29-21-10-9-17(13-22(21)30)14-23(28(35)32-12-11-25-26(32)24(33)16-36-25)31-27(34)18-5-4-8-20(15-18)37-19-6-2-1-3-7-19/h1-10,13,15,23,25-26H,11-12,14,16H2,(H,31,34). The Kier molecular flexibility index (Phi) is 7.46. The number of benzene rings is 3. The maximum absolute atomic E-state index is 13.7. The van der Waals surface area contributed by atoms with Crippen molar-refractivity contribution in [3.8, 4) is 11.5 Å². The summed E-state index contributed by atoms with van der Waals surface area (Å²) in [4.78, 5) is 40.9. The van der Waals surface area contributed by atoms with Gasteiger partial charge in [-0.25, -0.2) is 0 Å². The molecule has 0 radical (unpaired) electrons. The van der Waals surface area contributed by atoms with Crippen LogP contribution in [0.1, 0.15) is 22.3 Å². The molecule has 0 aliphatic carbocycles. The highest BCUT2D eigenvalue weighted by Crippen LogP contribution is 2.29. The Morgan fingerprint density at radius 2 is 1.78 bits per heavy atom. The molecule has 190 valence electrons. The monoisotopic (exact) mass is 538 g/mol. The first-order valence-electron chi connectivity index (χ1n) is 11.9. The summed E-state index contributed by atoms with van der Waals surface area (Å²) in [5.74, 6) is 0.215. The second kappa shape index (κ2) is 10.9. The number of ketones is 1. The summed E-state index contributed by atoms with van der Waals surface area (Å²) in [6.07, 6.45) is 0.448. The number of ether oxygens (including phenoxy) is 2. The Morgan fingerprint density at radius 1 is 1.00 bits per heavy atom. The Hall–Kier alpha value is -3.39. The van der Waals surface area contributed by atoms with Crippen LogP contribution in [0.2, 0.25) is 10.0 Å². The molecule has 0 bridgehead atoms. The van der Waals surface area contributed by atoms with Crippen LogP contribution in [0, 0.1) is 0 Å². The van der Waals surface area contributed by atoms with Gasteiger partial charge in [0.15, 0.2) is 5.78 Å². The van der Waals surface area contributed by atoms with E-state index < -0.39 is 18.0 Å². The van der Waals surface area contributed by atoms with E-state index in [9.17, 15) is 14.4 Å². The minimum absolute atomic E-state index is 0.00284. The third kappa shape index (κ3) is 5.64. The number of carbonyl (C=O) groups excluding carboxylic acids is 3. The van der Waals surface area contributed by atoms with Gasteiger partial charge in [-0.2, -0.15) is 0 Å². The topological polar surface area (TPSA) is 84.9 Å². The van der Waals surface area contributed by atoms with Crippen molar-refractivity contribution in [1.82, 2.24) is 10.2 Å². The largest absolute Gasteiger partial charge is 0.457 e. The zero-order valence-electron chi connectivity index (χ0n) is 19.7. The number of Topliss-reactive ketones (excluding diaryl/α,β-unsaturated/α-hetero) is 1. The van der Waals surface area contributed by atoms with Gasteiger partial charge in [-0.3, -0.25) is 14.4 Å². The second-order valence-corrected chi connectivity index (χ2v) is 9.82. The summed E-state index contributed by atoms with van der Waals surface area (Å²) in [7, 11) is 0. The Labute approximate surface area is 224 Å². The van der Waals surface area contributed by atoms with E-state index in [-0.39, 0.29) is 30.8 Å². The molecule has 0 aromatic heterocycles. The maximum atomic E-state index is 13.7. The summed E-state index contributed by atoms with van der Waals surface area (Å²) < 4.78 is 11.4. The van der Waals surface area contributed by atoms with Gasteiger partial charge in [0, 0.05) is 18.5 Å². The molecular weight excluding hydrogens is 515 g/mol. The van der Waals surface area contributed by atoms with Gasteiger partial charge in [-0.05, 0) is 54.4 Å². The fourth-order valence-corrected chi connectivity index (χ4v) is 5.03. The first-order chi connectivity index (χ1) is 17.9. The van der Waals surface area contributed by atoms with Crippen LogP contribution in [0.3, 0.4) is 0 Å². The first-order valence-corrected chi connectivity index (χ1v) is 12.7. The summed E-state index contributed by atoms with van der Waals surface area (Å²) in [5, 5.41) is 3.61. The maximum Gasteiger partial charge on any atom is 0.252 e. The predicted molar refractivity (Wildman–Crippen MR) is 139 cm³/mol. The molecular formula is C28H24Cl2N2O5. The average molecular weight is 539 g/mol. The zero-order chi connectivity index (χ0) is 25.9. The molecule has 3 aromatic rings. The highest BCUT2D eigenvalue weighted by Gasteiger charge is 2.48. The van der Waals surface area contributed by atoms with Crippen molar-refractivity contribution in [2.24, 2.45) is 0 Å². The predicted octanol–water partition coefficient (Wildman–Crippen LogP) is 4.70. The molecule has 3 aromatic carbocycles. The number of hydrogen-bond acceptors (Lipinski definition) is 5. The highest BCUT2D eigenvalue weighted by atomic mass is 35.5. The molecule has 0 spiro atoms. The van der Waals surface area contributed by atoms with Crippen LogP contribution >= 0.6 is 23.2 Å². The molecule has 3 atom stereocenters. The van der Waals surface area contributed by atoms with E-state index in [0.717, 1.165) is 5.56 Å². The Bertz CT molecular complexity index is 1330. The van der Waals surface area contributed by atoms with Crippen molar-refractivity contribution in [3.63, 3.8) is 0 Å². The van der Waals surface area contributed by atoms with E-state index in [1.54, 1.807) is 42.5 Å². The van der Waals surface area contributed by atoms with Crippen molar-refractivity contribution in [2.45, 2.75) is 31.0 Å². The van der Waals surface area contributed by atoms with E-state index in [1.807, 2.05) is 30.3 Å². The smallest absolute Gasteiger partial charge is 0.252 e. The summed E-state index contributed by atoms with van der Waals surface area (Å²) >= 11 is 12.2. The number of amides is 2. The van der Waals surface area contributed by atoms with Crippen molar-refractivity contribution in [2.75, 3.05) is 13.2 Å². The van der Waals surface area contributed by atoms with Gasteiger partial charge in [0.2, 0.25) is 5.91 Å². The van der Waals surface area contributed by atoms with Gasteiger partial charge in [-0.15, -0.1) is 0 Å². The van der Waals surface area contributed by atoms with Crippen LogP contribution in [0.5, 0.6) is 11.5 Å². The molecule has 37 heavy (non-hydrogen) atoms. The molecule has 3 unspecified atom stereocenters. The molecule has 2 aliphatic heterocycles. The van der Waals surface area contributed by atoms with Gasteiger partial charge in [0.25, 0.3) is 5.91 Å². The third-order valence-corrected chi connectivity index (χ3v) is 7.24. The van der Waals surface area contributed by atoms with Crippen LogP contribution < -0.4 is 10.1 Å². The lowest BCUT2D eigenvalue weighted by molar-refractivity contribution is -0.138. The molecule has 0 saturated carbocycles. The number of nitrogens with one attached hydrogen (secondary N) is 1. The van der Waals surface area contributed by atoms with Crippen LogP contribution in [-0.4, -0.2) is 53.8 Å². The number of fused-ring (bicyclic) bond motifs is 1. The molecule has 2 fully saturated rings. The quantitative estimate of drug-likeness (QED) is 0.471. The Morgan fingerprint density at radius 3 is 2.57 bits per heavy atom. The molecule has 1 N–H and O–H groups in total. The lowest BCUT2D eigenvalue weighted by Crippen LogP contribution is -2.53. The summed E-state index contributed by atoms with van der Waals surface area (Å²) in [5.41, 5.74) is 1.05. The van der Waals surface area contributed by atoms with Crippen molar-refractivity contribution in [1.29, 1.82) is 0 Å². The van der Waals surface area contributed by atoms with E-state index >= 15 is 0 Å². The molecule has 5 rings (SSSR count). The number of carbonyl (C=O) groups is 3. The van der Waals surface area contributed by atoms with Gasteiger partial charge in [0.05, 0.1) is 16.1 Å². The van der Waals surface area contributed by atoms with Crippen molar-refractivity contribution < 1.29 is 23.9 Å². The fraction of sp³-hybridized carbons (Fsp3) is 0.250. The lowest BCUT2D eigenvalue weighted by atomic mass is 10.0. The fourth-order valence-electron chi connectivity index (χ4n) is 4.71. The number of likely N-dealkylation sites (tertiary alicyclic amines) is 1. The van der Waals surface area contributed by atoms with Crippen molar-refractivity contribution in [3.05, 3.63) is 94.0 Å². The lowest BCUT2D eigenvalue weighted by Gasteiger charge is -2.28. The van der Waals surface area contributed by atoms with E-state index in [0.29, 0.717) is 40.1 Å².